The minimum atomic E-state index is -0.532. The van der Waals surface area contributed by atoms with Gasteiger partial charge in [0.1, 0.15) is 11.9 Å². The molecule has 4 rings (SSSR count). The first-order valence-electron chi connectivity index (χ1n) is 9.72. The highest BCUT2D eigenvalue weighted by molar-refractivity contribution is 5.98. The number of benzene rings is 2. The fourth-order valence-corrected chi connectivity index (χ4v) is 4.02. The number of likely N-dealkylation sites (tertiary alicyclic amines) is 1. The topological polar surface area (TPSA) is 61.4 Å². The van der Waals surface area contributed by atoms with Crippen LogP contribution in [0, 0.1) is 5.82 Å². The van der Waals surface area contributed by atoms with E-state index in [1.807, 2.05) is 25.1 Å². The van der Waals surface area contributed by atoms with Gasteiger partial charge in [-0.15, -0.1) is 0 Å². The van der Waals surface area contributed by atoms with E-state index in [0.29, 0.717) is 18.5 Å². The van der Waals surface area contributed by atoms with Crippen molar-refractivity contribution in [3.63, 3.8) is 0 Å². The summed E-state index contributed by atoms with van der Waals surface area (Å²) in [6.45, 7) is 4.16. The number of carbonyl (C=O) groups is 2. The molecular weight excluding hydrogens is 357 g/mol. The van der Waals surface area contributed by atoms with E-state index in [0.717, 1.165) is 30.6 Å². The first kappa shape index (κ1) is 18.6. The van der Waals surface area contributed by atoms with Gasteiger partial charge >= 0.3 is 0 Å². The normalized spacial score (nSPS) is 20.0. The Morgan fingerprint density at radius 2 is 1.93 bits per heavy atom. The number of amides is 2. The van der Waals surface area contributed by atoms with Gasteiger partial charge in [-0.3, -0.25) is 9.59 Å². The molecule has 1 fully saturated rings. The van der Waals surface area contributed by atoms with Crippen LogP contribution in [0.15, 0.2) is 42.5 Å². The molecule has 0 spiro atoms. The summed E-state index contributed by atoms with van der Waals surface area (Å²) in [4.78, 5) is 27.5. The second kappa shape index (κ2) is 7.72. The molecule has 2 unspecified atom stereocenters. The summed E-state index contributed by atoms with van der Waals surface area (Å²) >= 11 is 0. The fourth-order valence-electron chi connectivity index (χ4n) is 4.02. The lowest BCUT2D eigenvalue weighted by molar-refractivity contribution is -0.138. The van der Waals surface area contributed by atoms with Crippen molar-refractivity contribution in [3.05, 3.63) is 70.5 Å². The molecule has 0 aliphatic carbocycles. The molecular formula is C22H24FN3O2. The van der Waals surface area contributed by atoms with Gasteiger partial charge in [-0.2, -0.15) is 0 Å². The Kier molecular flexibility index (Phi) is 5.13. The molecule has 2 atom stereocenters. The van der Waals surface area contributed by atoms with Gasteiger partial charge in [-0.05, 0) is 60.7 Å². The van der Waals surface area contributed by atoms with Crippen molar-refractivity contribution in [3.8, 4) is 0 Å². The Morgan fingerprint density at radius 3 is 2.71 bits per heavy atom. The molecule has 5 nitrogen and oxygen atoms in total. The van der Waals surface area contributed by atoms with Gasteiger partial charge in [0.25, 0.3) is 5.91 Å². The molecule has 2 aliphatic rings. The van der Waals surface area contributed by atoms with Crippen molar-refractivity contribution in [1.82, 2.24) is 15.5 Å². The molecule has 6 heteroatoms. The minimum Gasteiger partial charge on any atom is -0.340 e. The Morgan fingerprint density at radius 1 is 1.18 bits per heavy atom. The zero-order valence-electron chi connectivity index (χ0n) is 15.9. The van der Waals surface area contributed by atoms with E-state index < -0.39 is 6.04 Å². The third-order valence-corrected chi connectivity index (χ3v) is 5.70. The SMILES string of the molecule is CC(c1ccc(F)cc1)N1CCCC(NC(=O)c2ccc3c(c2)CNC3)C1=O. The number of hydrogen-bond acceptors (Lipinski definition) is 3. The number of nitrogens with one attached hydrogen (secondary N) is 2. The average molecular weight is 381 g/mol. The van der Waals surface area contributed by atoms with Gasteiger partial charge in [0, 0.05) is 25.2 Å². The second-order valence-corrected chi connectivity index (χ2v) is 7.51. The highest BCUT2D eigenvalue weighted by atomic mass is 19.1. The Hall–Kier alpha value is -2.73. The number of fused-ring (bicyclic) bond motifs is 1. The summed E-state index contributed by atoms with van der Waals surface area (Å²) in [5.41, 5.74) is 3.81. The zero-order chi connectivity index (χ0) is 19.7. The van der Waals surface area contributed by atoms with Crippen LogP contribution in [0.25, 0.3) is 0 Å². The van der Waals surface area contributed by atoms with Crippen LogP contribution in [0.2, 0.25) is 0 Å². The van der Waals surface area contributed by atoms with Crippen LogP contribution in [-0.4, -0.2) is 29.3 Å². The Bertz CT molecular complexity index is 897. The number of carbonyl (C=O) groups excluding carboxylic acids is 2. The third-order valence-electron chi connectivity index (χ3n) is 5.70. The quantitative estimate of drug-likeness (QED) is 0.856. The summed E-state index contributed by atoms with van der Waals surface area (Å²) in [5.74, 6) is -0.598. The van der Waals surface area contributed by atoms with E-state index >= 15 is 0 Å². The van der Waals surface area contributed by atoms with Crippen molar-refractivity contribution in [2.45, 2.75) is 44.9 Å². The molecule has 2 amide bonds. The lowest BCUT2D eigenvalue weighted by Gasteiger charge is -2.37. The van der Waals surface area contributed by atoms with Gasteiger partial charge in [-0.1, -0.05) is 18.2 Å². The largest absolute Gasteiger partial charge is 0.340 e. The lowest BCUT2D eigenvalue weighted by Crippen LogP contribution is -2.52. The smallest absolute Gasteiger partial charge is 0.251 e. The summed E-state index contributed by atoms with van der Waals surface area (Å²) in [5, 5.41) is 6.17. The Labute approximate surface area is 163 Å². The van der Waals surface area contributed by atoms with Crippen LogP contribution in [0.5, 0.6) is 0 Å². The lowest BCUT2D eigenvalue weighted by atomic mass is 9.99. The zero-order valence-corrected chi connectivity index (χ0v) is 15.9. The third kappa shape index (κ3) is 3.64. The maximum atomic E-state index is 13.2. The van der Waals surface area contributed by atoms with Gasteiger partial charge in [0.15, 0.2) is 0 Å². The number of hydrogen-bond donors (Lipinski definition) is 2. The molecule has 0 saturated carbocycles. The average Bonchev–Trinajstić information content (AvgIpc) is 3.17. The molecule has 2 aromatic rings. The second-order valence-electron chi connectivity index (χ2n) is 7.51. The standard InChI is InChI=1S/C22H24FN3O2/c1-14(15-6-8-19(23)9-7-15)26-10-2-3-20(22(26)28)25-21(27)16-4-5-17-12-24-13-18(17)11-16/h4-9,11,14,20,24H,2-3,10,12-13H2,1H3,(H,25,27). The van der Waals surface area contributed by atoms with Crippen molar-refractivity contribution in [2.75, 3.05) is 6.54 Å². The first-order valence-corrected chi connectivity index (χ1v) is 9.72. The van der Waals surface area contributed by atoms with Crippen molar-refractivity contribution >= 4 is 11.8 Å². The van der Waals surface area contributed by atoms with Crippen molar-refractivity contribution < 1.29 is 14.0 Å². The maximum Gasteiger partial charge on any atom is 0.251 e. The van der Waals surface area contributed by atoms with Gasteiger partial charge in [-0.25, -0.2) is 4.39 Å². The summed E-state index contributed by atoms with van der Waals surface area (Å²) in [7, 11) is 0. The highest BCUT2D eigenvalue weighted by Crippen LogP contribution is 2.26. The molecule has 0 radical (unpaired) electrons. The molecule has 2 aromatic carbocycles. The van der Waals surface area contributed by atoms with Crippen LogP contribution in [-0.2, 0) is 17.9 Å². The monoisotopic (exact) mass is 381 g/mol. The summed E-state index contributed by atoms with van der Waals surface area (Å²) in [6, 6.07) is 11.2. The van der Waals surface area contributed by atoms with Crippen LogP contribution < -0.4 is 10.6 Å². The molecule has 2 N–H and O–H groups in total. The number of nitrogens with zero attached hydrogens (tertiary/aromatic N) is 1. The maximum absolute atomic E-state index is 13.2. The molecule has 0 aromatic heterocycles. The first-order chi connectivity index (χ1) is 13.5. The predicted octanol–water partition coefficient (Wildman–Crippen LogP) is 2.91. The summed E-state index contributed by atoms with van der Waals surface area (Å²) < 4.78 is 13.2. The van der Waals surface area contributed by atoms with Gasteiger partial charge in [0.2, 0.25) is 5.91 Å². The summed E-state index contributed by atoms with van der Waals surface area (Å²) in [6.07, 6.45) is 1.44. The van der Waals surface area contributed by atoms with Crippen molar-refractivity contribution in [1.29, 1.82) is 0 Å². The van der Waals surface area contributed by atoms with E-state index in [2.05, 4.69) is 10.6 Å². The van der Waals surface area contributed by atoms with Crippen LogP contribution in [0.3, 0.4) is 0 Å². The number of halogens is 1. The van der Waals surface area contributed by atoms with Crippen LogP contribution >= 0.6 is 0 Å². The predicted molar refractivity (Wildman–Crippen MR) is 104 cm³/mol. The molecule has 2 aliphatic heterocycles. The highest BCUT2D eigenvalue weighted by Gasteiger charge is 2.33. The van der Waals surface area contributed by atoms with Crippen molar-refractivity contribution in [2.24, 2.45) is 0 Å². The number of rotatable bonds is 4. The van der Waals surface area contributed by atoms with E-state index in [-0.39, 0.29) is 23.7 Å². The fraction of sp³-hybridized carbons (Fsp3) is 0.364. The van der Waals surface area contributed by atoms with E-state index in [1.54, 1.807) is 17.0 Å². The van der Waals surface area contributed by atoms with E-state index in [9.17, 15) is 14.0 Å². The minimum absolute atomic E-state index is 0.0840. The molecule has 146 valence electrons. The van der Waals surface area contributed by atoms with Gasteiger partial charge in [0.05, 0.1) is 6.04 Å². The van der Waals surface area contributed by atoms with Gasteiger partial charge < -0.3 is 15.5 Å². The molecule has 0 bridgehead atoms. The van der Waals surface area contributed by atoms with E-state index in [1.165, 1.54) is 17.7 Å². The molecule has 1 saturated heterocycles. The Balaban J connectivity index is 1.45. The van der Waals surface area contributed by atoms with E-state index in [4.69, 9.17) is 0 Å². The van der Waals surface area contributed by atoms with Crippen LogP contribution in [0.4, 0.5) is 4.39 Å². The van der Waals surface area contributed by atoms with Crippen LogP contribution in [0.1, 0.15) is 52.9 Å². The molecule has 28 heavy (non-hydrogen) atoms. The number of piperidine rings is 1. The molecule has 2 heterocycles.